The molecule has 0 radical (unpaired) electrons. The highest BCUT2D eigenvalue weighted by Crippen LogP contribution is 2.29. The molecule has 0 aliphatic carbocycles. The second-order valence-corrected chi connectivity index (χ2v) is 10.6. The summed E-state index contributed by atoms with van der Waals surface area (Å²) in [6.45, 7) is 2.86. The molecular weight excluding hydrogens is 515 g/mol. The summed E-state index contributed by atoms with van der Waals surface area (Å²) in [6.07, 6.45) is 2.56. The maximum absolute atomic E-state index is 12.5. The van der Waals surface area contributed by atoms with Crippen molar-refractivity contribution in [2.75, 3.05) is 25.4 Å². The first kappa shape index (κ1) is 25.3. The molecular formula is C24H25Cl3N4O2S. The van der Waals surface area contributed by atoms with Crippen molar-refractivity contribution in [2.24, 2.45) is 5.92 Å². The monoisotopic (exact) mass is 538 g/mol. The third-order valence-corrected chi connectivity index (χ3v) is 7.56. The van der Waals surface area contributed by atoms with Crippen LogP contribution >= 0.6 is 46.6 Å². The van der Waals surface area contributed by atoms with Crippen LogP contribution in [0.4, 0.5) is 0 Å². The maximum Gasteiger partial charge on any atom is 0.241 e. The Hall–Kier alpha value is -1.77. The number of hydrogen-bond donors (Lipinski definition) is 1. The number of aromatic nitrogens is 2. The summed E-state index contributed by atoms with van der Waals surface area (Å²) in [5.41, 5.74) is 0.683. The Bertz CT molecular complexity index is 1100. The fourth-order valence-electron chi connectivity index (χ4n) is 3.79. The Morgan fingerprint density at radius 3 is 2.56 bits per heavy atom. The minimum absolute atomic E-state index is 0.0475. The molecule has 1 amide bonds. The minimum Gasteiger partial charge on any atom is -0.356 e. The van der Waals surface area contributed by atoms with Crippen LogP contribution in [0, 0.1) is 5.92 Å². The van der Waals surface area contributed by atoms with Crippen molar-refractivity contribution >= 4 is 52.5 Å². The molecule has 1 fully saturated rings. The minimum atomic E-state index is 0.0475. The molecule has 2 aromatic carbocycles. The molecule has 1 aliphatic heterocycles. The van der Waals surface area contributed by atoms with Gasteiger partial charge in [-0.15, -0.1) is 11.8 Å². The number of carbonyl (C=O) groups is 1. The Balaban J connectivity index is 1.15. The zero-order valence-corrected chi connectivity index (χ0v) is 21.6. The normalized spacial score (nSPS) is 14.9. The van der Waals surface area contributed by atoms with Crippen molar-refractivity contribution in [3.8, 4) is 11.4 Å². The van der Waals surface area contributed by atoms with Crippen molar-refractivity contribution in [2.45, 2.75) is 30.7 Å². The van der Waals surface area contributed by atoms with Gasteiger partial charge in [0.05, 0.1) is 11.6 Å². The van der Waals surface area contributed by atoms with Crippen molar-refractivity contribution in [1.29, 1.82) is 0 Å². The third kappa shape index (κ3) is 7.12. The van der Waals surface area contributed by atoms with E-state index in [-0.39, 0.29) is 11.8 Å². The van der Waals surface area contributed by atoms with Gasteiger partial charge >= 0.3 is 0 Å². The summed E-state index contributed by atoms with van der Waals surface area (Å²) in [5.74, 6) is 2.12. The molecule has 180 valence electrons. The first-order valence-electron chi connectivity index (χ1n) is 11.1. The zero-order chi connectivity index (χ0) is 23.9. The van der Waals surface area contributed by atoms with Crippen LogP contribution in [0.25, 0.3) is 11.4 Å². The predicted octanol–water partition coefficient (Wildman–Crippen LogP) is 6.21. The Morgan fingerprint density at radius 1 is 1.09 bits per heavy atom. The maximum atomic E-state index is 12.5. The number of nitrogens with one attached hydrogen (secondary N) is 1. The van der Waals surface area contributed by atoms with E-state index in [1.165, 1.54) is 4.90 Å². The van der Waals surface area contributed by atoms with Crippen molar-refractivity contribution in [3.63, 3.8) is 0 Å². The molecule has 1 aromatic heterocycles. The van der Waals surface area contributed by atoms with Crippen LogP contribution in [-0.2, 0) is 11.3 Å². The van der Waals surface area contributed by atoms with Gasteiger partial charge in [-0.25, -0.2) is 0 Å². The van der Waals surface area contributed by atoms with E-state index in [1.807, 2.05) is 24.3 Å². The number of halogens is 3. The largest absolute Gasteiger partial charge is 0.356 e. The highest BCUT2D eigenvalue weighted by atomic mass is 35.5. The van der Waals surface area contributed by atoms with Gasteiger partial charge in [0.2, 0.25) is 17.6 Å². The average Bonchev–Trinajstić information content (AvgIpc) is 3.28. The quantitative estimate of drug-likeness (QED) is 0.258. The number of likely N-dealkylation sites (tertiary alicyclic amines) is 1. The molecule has 1 aliphatic rings. The molecule has 2 heterocycles. The van der Waals surface area contributed by atoms with E-state index in [0.29, 0.717) is 40.4 Å². The van der Waals surface area contributed by atoms with Crippen LogP contribution in [0.3, 0.4) is 0 Å². The number of nitrogens with zero attached hydrogens (tertiary/aromatic N) is 3. The number of thioether (sulfide) groups is 1. The molecule has 0 unspecified atom stereocenters. The molecule has 34 heavy (non-hydrogen) atoms. The number of amides is 1. The van der Waals surface area contributed by atoms with E-state index in [9.17, 15) is 4.79 Å². The number of rotatable bonds is 9. The van der Waals surface area contributed by atoms with Crippen LogP contribution < -0.4 is 5.32 Å². The fraction of sp³-hybridized carbons (Fsp3) is 0.375. The van der Waals surface area contributed by atoms with E-state index in [1.54, 1.807) is 30.0 Å². The first-order valence-corrected chi connectivity index (χ1v) is 13.3. The Kier molecular flexibility index (Phi) is 9.14. The van der Waals surface area contributed by atoms with E-state index in [4.69, 9.17) is 39.3 Å². The Morgan fingerprint density at radius 2 is 1.82 bits per heavy atom. The highest BCUT2D eigenvalue weighted by molar-refractivity contribution is 7.99. The molecule has 3 aromatic rings. The lowest BCUT2D eigenvalue weighted by Crippen LogP contribution is -2.40. The van der Waals surface area contributed by atoms with E-state index in [2.05, 4.69) is 20.4 Å². The van der Waals surface area contributed by atoms with Gasteiger partial charge in [0, 0.05) is 33.0 Å². The second-order valence-electron chi connectivity index (χ2n) is 8.13. The van der Waals surface area contributed by atoms with Gasteiger partial charge in [-0.05, 0) is 80.6 Å². The summed E-state index contributed by atoms with van der Waals surface area (Å²) in [4.78, 5) is 20.4. The van der Waals surface area contributed by atoms with Gasteiger partial charge in [-0.1, -0.05) is 40.0 Å². The van der Waals surface area contributed by atoms with Gasteiger partial charge < -0.3 is 9.84 Å². The standard InChI is InChI=1S/C24H25Cl3N4O2S/c25-17-2-5-19(6-3-17)34-13-1-10-28-24(32)16-8-11-31(12-9-16)15-22-29-23(30-33-22)20-7-4-18(26)14-21(20)27/h2-7,14,16H,1,8-13,15H2,(H,28,32). The van der Waals surface area contributed by atoms with E-state index < -0.39 is 0 Å². The number of benzene rings is 2. The van der Waals surface area contributed by atoms with Gasteiger partial charge in [0.15, 0.2) is 0 Å². The van der Waals surface area contributed by atoms with Gasteiger partial charge in [0.1, 0.15) is 0 Å². The number of hydrogen-bond acceptors (Lipinski definition) is 6. The molecule has 0 bridgehead atoms. The lowest BCUT2D eigenvalue weighted by Gasteiger charge is -2.30. The van der Waals surface area contributed by atoms with E-state index >= 15 is 0 Å². The summed E-state index contributed by atoms with van der Waals surface area (Å²) in [7, 11) is 0. The zero-order valence-electron chi connectivity index (χ0n) is 18.5. The van der Waals surface area contributed by atoms with Crippen LogP contribution in [0.2, 0.25) is 15.1 Å². The van der Waals surface area contributed by atoms with Crippen LogP contribution in [0.5, 0.6) is 0 Å². The molecule has 4 rings (SSSR count). The summed E-state index contributed by atoms with van der Waals surface area (Å²) in [5, 5.41) is 8.92. The Labute approximate surface area is 218 Å². The predicted molar refractivity (Wildman–Crippen MR) is 138 cm³/mol. The van der Waals surface area contributed by atoms with Crippen molar-refractivity contribution < 1.29 is 9.32 Å². The molecule has 0 spiro atoms. The molecule has 10 heteroatoms. The SMILES string of the molecule is O=C(NCCCSc1ccc(Cl)cc1)C1CCN(Cc2nc(-c3ccc(Cl)cc3Cl)no2)CC1. The van der Waals surface area contributed by atoms with Crippen LogP contribution in [-0.4, -0.2) is 46.3 Å². The summed E-state index contributed by atoms with van der Waals surface area (Å²) in [6, 6.07) is 13.0. The summed E-state index contributed by atoms with van der Waals surface area (Å²) < 4.78 is 5.41. The van der Waals surface area contributed by atoms with Crippen LogP contribution in [0.1, 0.15) is 25.2 Å². The second kappa shape index (κ2) is 12.3. The van der Waals surface area contributed by atoms with Crippen LogP contribution in [0.15, 0.2) is 51.9 Å². The van der Waals surface area contributed by atoms with Gasteiger partial charge in [-0.2, -0.15) is 4.98 Å². The van der Waals surface area contributed by atoms with E-state index in [0.717, 1.165) is 43.1 Å². The highest BCUT2D eigenvalue weighted by Gasteiger charge is 2.26. The lowest BCUT2D eigenvalue weighted by molar-refractivity contribution is -0.126. The molecule has 0 atom stereocenters. The van der Waals surface area contributed by atoms with Crippen molar-refractivity contribution in [1.82, 2.24) is 20.4 Å². The molecule has 1 N–H and O–H groups in total. The smallest absolute Gasteiger partial charge is 0.241 e. The molecule has 1 saturated heterocycles. The lowest BCUT2D eigenvalue weighted by atomic mass is 9.96. The topological polar surface area (TPSA) is 71.3 Å². The summed E-state index contributed by atoms with van der Waals surface area (Å²) >= 11 is 19.9. The van der Waals surface area contributed by atoms with Gasteiger partial charge in [0.25, 0.3) is 0 Å². The molecule has 0 saturated carbocycles. The van der Waals surface area contributed by atoms with Gasteiger partial charge in [-0.3, -0.25) is 9.69 Å². The number of carbonyl (C=O) groups excluding carboxylic acids is 1. The average molecular weight is 540 g/mol. The first-order chi connectivity index (χ1) is 16.5. The fourth-order valence-corrected chi connectivity index (χ4v) is 5.26. The van der Waals surface area contributed by atoms with Crippen molar-refractivity contribution in [3.05, 3.63) is 63.4 Å². The third-order valence-electron chi connectivity index (χ3n) is 5.66. The molecule has 6 nitrogen and oxygen atoms in total. The number of piperidine rings is 1.